The second-order valence-corrected chi connectivity index (χ2v) is 3.61. The molecule has 0 saturated carbocycles. The molecule has 2 aromatic rings. The van der Waals surface area contributed by atoms with Gasteiger partial charge >= 0.3 is 0 Å². The van der Waals surface area contributed by atoms with Crippen molar-refractivity contribution < 1.29 is 0 Å². The first-order valence-electron chi connectivity index (χ1n) is 5.12. The predicted molar refractivity (Wildman–Crippen MR) is 57.2 cm³/mol. The lowest BCUT2D eigenvalue weighted by atomic mass is 10.2. The molecule has 1 N–H and O–H groups in total. The van der Waals surface area contributed by atoms with E-state index >= 15 is 0 Å². The van der Waals surface area contributed by atoms with E-state index in [1.165, 1.54) is 12.8 Å². The standard InChI is InChI=1S/C11H15N3/c1-3-4-5-10-13-9-7-6-8(2)12-11(9)14-10/h6-7H,3-5H2,1-2H3,(H,12,13,14). The molecule has 14 heavy (non-hydrogen) atoms. The van der Waals surface area contributed by atoms with Gasteiger partial charge in [0.05, 0.1) is 5.52 Å². The molecule has 3 nitrogen and oxygen atoms in total. The molecule has 0 spiro atoms. The van der Waals surface area contributed by atoms with Crippen molar-refractivity contribution in [1.82, 2.24) is 15.0 Å². The van der Waals surface area contributed by atoms with E-state index in [9.17, 15) is 0 Å². The number of nitrogens with one attached hydrogen (secondary N) is 1. The number of hydrogen-bond acceptors (Lipinski definition) is 2. The molecule has 0 saturated heterocycles. The largest absolute Gasteiger partial charge is 0.341 e. The lowest BCUT2D eigenvalue weighted by Crippen LogP contribution is -1.86. The molecule has 0 amide bonds. The summed E-state index contributed by atoms with van der Waals surface area (Å²) >= 11 is 0. The highest BCUT2D eigenvalue weighted by atomic mass is 15.0. The van der Waals surface area contributed by atoms with Crippen molar-refractivity contribution in [3.63, 3.8) is 0 Å². The van der Waals surface area contributed by atoms with Crippen LogP contribution >= 0.6 is 0 Å². The van der Waals surface area contributed by atoms with Crippen molar-refractivity contribution in [3.05, 3.63) is 23.7 Å². The van der Waals surface area contributed by atoms with E-state index in [0.717, 1.165) is 29.1 Å². The molecule has 0 aliphatic rings. The van der Waals surface area contributed by atoms with Crippen LogP contribution in [0.4, 0.5) is 0 Å². The zero-order valence-corrected chi connectivity index (χ0v) is 8.67. The molecule has 3 heteroatoms. The number of fused-ring (bicyclic) bond motifs is 1. The number of aryl methyl sites for hydroxylation is 2. The van der Waals surface area contributed by atoms with Crippen molar-refractivity contribution in [3.8, 4) is 0 Å². The summed E-state index contributed by atoms with van der Waals surface area (Å²) in [6.45, 7) is 4.17. The number of rotatable bonds is 3. The highest BCUT2D eigenvalue weighted by Gasteiger charge is 2.02. The van der Waals surface area contributed by atoms with Crippen LogP contribution in [0.25, 0.3) is 11.2 Å². The van der Waals surface area contributed by atoms with Gasteiger partial charge in [-0.3, -0.25) is 0 Å². The minimum absolute atomic E-state index is 0.844. The van der Waals surface area contributed by atoms with Crippen molar-refractivity contribution in [2.75, 3.05) is 0 Å². The van der Waals surface area contributed by atoms with Crippen molar-refractivity contribution in [1.29, 1.82) is 0 Å². The average molecular weight is 189 g/mol. The first-order chi connectivity index (χ1) is 6.79. The first kappa shape index (κ1) is 9.19. The molecule has 0 bridgehead atoms. The van der Waals surface area contributed by atoms with Crippen LogP contribution in [0.5, 0.6) is 0 Å². The van der Waals surface area contributed by atoms with E-state index in [4.69, 9.17) is 0 Å². The fourth-order valence-corrected chi connectivity index (χ4v) is 1.50. The molecular formula is C11H15N3. The Balaban J connectivity index is 2.32. The Labute approximate surface area is 83.6 Å². The molecule has 2 aromatic heterocycles. The predicted octanol–water partition coefficient (Wildman–Crippen LogP) is 2.61. The van der Waals surface area contributed by atoms with Gasteiger partial charge < -0.3 is 4.98 Å². The molecule has 0 atom stereocenters. The third kappa shape index (κ3) is 1.76. The van der Waals surface area contributed by atoms with Gasteiger partial charge in [-0.1, -0.05) is 13.3 Å². The van der Waals surface area contributed by atoms with Gasteiger partial charge in [-0.05, 0) is 25.5 Å². The van der Waals surface area contributed by atoms with E-state index in [0.29, 0.717) is 0 Å². The van der Waals surface area contributed by atoms with Crippen molar-refractivity contribution in [2.45, 2.75) is 33.1 Å². The zero-order chi connectivity index (χ0) is 9.97. The number of H-pyrrole nitrogens is 1. The number of nitrogens with zero attached hydrogens (tertiary/aromatic N) is 2. The molecule has 0 aliphatic carbocycles. The van der Waals surface area contributed by atoms with Crippen molar-refractivity contribution in [2.24, 2.45) is 0 Å². The van der Waals surface area contributed by atoms with Gasteiger partial charge in [0.1, 0.15) is 5.82 Å². The van der Waals surface area contributed by atoms with Crippen LogP contribution in [-0.2, 0) is 6.42 Å². The van der Waals surface area contributed by atoms with Crippen LogP contribution < -0.4 is 0 Å². The normalized spacial score (nSPS) is 11.0. The van der Waals surface area contributed by atoms with Crippen LogP contribution in [-0.4, -0.2) is 15.0 Å². The number of aromatic amines is 1. The lowest BCUT2D eigenvalue weighted by Gasteiger charge is -1.90. The fraction of sp³-hybridized carbons (Fsp3) is 0.455. The van der Waals surface area contributed by atoms with Crippen LogP contribution in [0.1, 0.15) is 31.3 Å². The molecular weight excluding hydrogens is 174 g/mol. The number of hydrogen-bond donors (Lipinski definition) is 1. The Morgan fingerprint density at radius 2 is 2.14 bits per heavy atom. The van der Waals surface area contributed by atoms with Gasteiger partial charge in [0, 0.05) is 12.1 Å². The van der Waals surface area contributed by atoms with Crippen LogP contribution in [0.15, 0.2) is 12.1 Å². The Hall–Kier alpha value is -1.38. The summed E-state index contributed by atoms with van der Waals surface area (Å²) in [7, 11) is 0. The summed E-state index contributed by atoms with van der Waals surface area (Å²) in [6, 6.07) is 4.05. The third-order valence-electron chi connectivity index (χ3n) is 2.30. The summed E-state index contributed by atoms with van der Waals surface area (Å²) in [5.74, 6) is 1.06. The molecule has 0 aromatic carbocycles. The summed E-state index contributed by atoms with van der Waals surface area (Å²) in [4.78, 5) is 12.1. The van der Waals surface area contributed by atoms with Gasteiger partial charge in [0.2, 0.25) is 0 Å². The number of aromatic nitrogens is 3. The molecule has 74 valence electrons. The van der Waals surface area contributed by atoms with E-state index in [1.54, 1.807) is 0 Å². The molecule has 0 unspecified atom stereocenters. The Bertz CT molecular complexity index is 431. The summed E-state index contributed by atoms with van der Waals surface area (Å²) in [5, 5.41) is 0. The SMILES string of the molecule is CCCCc1nc2nc(C)ccc2[nH]1. The first-order valence-corrected chi connectivity index (χ1v) is 5.12. The Kier molecular flexibility index (Phi) is 2.48. The van der Waals surface area contributed by atoms with E-state index < -0.39 is 0 Å². The fourth-order valence-electron chi connectivity index (χ4n) is 1.50. The quantitative estimate of drug-likeness (QED) is 0.806. The topological polar surface area (TPSA) is 41.6 Å². The molecule has 2 heterocycles. The maximum absolute atomic E-state index is 4.44. The average Bonchev–Trinajstić information content (AvgIpc) is 2.56. The second-order valence-electron chi connectivity index (χ2n) is 3.61. The van der Waals surface area contributed by atoms with Gasteiger partial charge in [0.15, 0.2) is 5.65 Å². The Morgan fingerprint density at radius 3 is 2.93 bits per heavy atom. The van der Waals surface area contributed by atoms with Crippen LogP contribution in [0.3, 0.4) is 0 Å². The lowest BCUT2D eigenvalue weighted by molar-refractivity contribution is 0.764. The van der Waals surface area contributed by atoms with Gasteiger partial charge in [-0.2, -0.15) is 0 Å². The molecule has 0 radical (unpaired) electrons. The summed E-state index contributed by atoms with van der Waals surface area (Å²) in [5.41, 5.74) is 2.91. The van der Waals surface area contributed by atoms with Gasteiger partial charge in [-0.25, -0.2) is 9.97 Å². The van der Waals surface area contributed by atoms with Crippen LogP contribution in [0.2, 0.25) is 0 Å². The van der Waals surface area contributed by atoms with E-state index in [2.05, 4.69) is 21.9 Å². The number of pyridine rings is 1. The maximum atomic E-state index is 4.44. The highest BCUT2D eigenvalue weighted by Crippen LogP contribution is 2.10. The molecule has 2 rings (SSSR count). The summed E-state index contributed by atoms with van der Waals surface area (Å²) < 4.78 is 0. The minimum atomic E-state index is 0.844. The van der Waals surface area contributed by atoms with E-state index in [-0.39, 0.29) is 0 Å². The monoisotopic (exact) mass is 189 g/mol. The Morgan fingerprint density at radius 1 is 1.29 bits per heavy atom. The number of unbranched alkanes of at least 4 members (excludes halogenated alkanes) is 1. The van der Waals surface area contributed by atoms with Crippen LogP contribution in [0, 0.1) is 6.92 Å². The van der Waals surface area contributed by atoms with Crippen molar-refractivity contribution >= 4 is 11.2 Å². The van der Waals surface area contributed by atoms with Gasteiger partial charge in [0.25, 0.3) is 0 Å². The highest BCUT2D eigenvalue weighted by molar-refractivity contribution is 5.70. The maximum Gasteiger partial charge on any atom is 0.177 e. The molecule has 0 aliphatic heterocycles. The van der Waals surface area contributed by atoms with Gasteiger partial charge in [-0.15, -0.1) is 0 Å². The number of imidazole rings is 1. The minimum Gasteiger partial charge on any atom is -0.341 e. The van der Waals surface area contributed by atoms with E-state index in [1.807, 2.05) is 19.1 Å². The molecule has 0 fully saturated rings. The zero-order valence-electron chi connectivity index (χ0n) is 8.67. The smallest absolute Gasteiger partial charge is 0.177 e. The third-order valence-corrected chi connectivity index (χ3v) is 2.30. The second kappa shape index (κ2) is 3.78. The summed E-state index contributed by atoms with van der Waals surface area (Å²) in [6.07, 6.45) is 3.40.